The van der Waals surface area contributed by atoms with Gasteiger partial charge in [-0.15, -0.1) is 0 Å². The van der Waals surface area contributed by atoms with Crippen LogP contribution in [0.4, 0.5) is 27.6 Å². The summed E-state index contributed by atoms with van der Waals surface area (Å²) < 4.78 is 87.3. The number of hydrogen-bond acceptors (Lipinski definition) is 6. The summed E-state index contributed by atoms with van der Waals surface area (Å²) in [6.07, 6.45) is -6.66. The molecule has 33 heavy (non-hydrogen) atoms. The molecule has 3 amide bonds. The minimum atomic E-state index is -5.90. The maximum atomic E-state index is 13.0. The van der Waals surface area contributed by atoms with Crippen LogP contribution in [0, 0.1) is 5.92 Å². The number of sulfone groups is 1. The summed E-state index contributed by atoms with van der Waals surface area (Å²) in [6, 6.07) is 6.04. The molecule has 2 unspecified atom stereocenters. The average molecular weight is 500 g/mol. The van der Waals surface area contributed by atoms with Crippen LogP contribution in [0.25, 0.3) is 0 Å². The summed E-state index contributed by atoms with van der Waals surface area (Å²) in [5.41, 5.74) is 0.454. The molecule has 3 N–H and O–H groups in total. The second kappa shape index (κ2) is 9.21. The summed E-state index contributed by atoms with van der Waals surface area (Å²) in [7, 11) is -2.54. The molecule has 0 aliphatic carbocycles. The number of carbonyl (C=O) groups is 3. The van der Waals surface area contributed by atoms with Crippen LogP contribution in [-0.2, 0) is 24.2 Å². The summed E-state index contributed by atoms with van der Waals surface area (Å²) in [4.78, 5) is 38.2. The summed E-state index contributed by atoms with van der Waals surface area (Å²) in [6.45, 7) is -1.16. The summed E-state index contributed by atoms with van der Waals surface area (Å²) >= 11 is 0. The van der Waals surface area contributed by atoms with Crippen molar-refractivity contribution in [1.29, 1.82) is 0 Å². The Morgan fingerprint density at radius 3 is 2.27 bits per heavy atom. The van der Waals surface area contributed by atoms with E-state index in [-0.39, 0.29) is 11.3 Å². The first-order chi connectivity index (χ1) is 15.0. The van der Waals surface area contributed by atoms with Crippen LogP contribution in [0.1, 0.15) is 17.9 Å². The Hall–Kier alpha value is -2.81. The predicted octanol–water partition coefficient (Wildman–Crippen LogP) is 0.688. The van der Waals surface area contributed by atoms with Gasteiger partial charge in [-0.25, -0.2) is 8.42 Å². The maximum Gasteiger partial charge on any atom is 0.455 e. The van der Waals surface area contributed by atoms with Gasteiger partial charge in [-0.2, -0.15) is 22.0 Å². The third kappa shape index (κ3) is 5.76. The molecule has 1 heterocycles. The smallest absolute Gasteiger partial charge is 0.349 e. The van der Waals surface area contributed by atoms with Gasteiger partial charge >= 0.3 is 12.1 Å². The first-order valence-corrected chi connectivity index (χ1v) is 11.3. The fourth-order valence-electron chi connectivity index (χ4n) is 2.93. The Kier molecular flexibility index (Phi) is 7.38. The van der Waals surface area contributed by atoms with Crippen molar-refractivity contribution < 1.29 is 44.8 Å². The molecule has 1 aliphatic rings. The van der Waals surface area contributed by atoms with Crippen LogP contribution < -0.4 is 20.9 Å². The molecule has 184 valence electrons. The standard InChI is InChI=1S/C18H21F5N4O5S/c1-9(13(28)24-8-17(19,20)18(21,22)23)14(29)25-12-16(30)27(2)11-7-5-4-6-10(11)15(26-12)33(3,31)32/h4-7,9,12,15,26H,8H2,1-3H3,(H,24,28)(H,25,29)/t9?,12-,15?/m0/s1. The highest BCUT2D eigenvalue weighted by molar-refractivity contribution is 7.90. The monoisotopic (exact) mass is 500 g/mol. The first-order valence-electron chi connectivity index (χ1n) is 9.31. The van der Waals surface area contributed by atoms with Crippen LogP contribution >= 0.6 is 0 Å². The number of hydrogen-bond donors (Lipinski definition) is 3. The van der Waals surface area contributed by atoms with E-state index in [2.05, 4.69) is 10.6 Å². The minimum Gasteiger partial charge on any atom is -0.349 e. The number of alkyl halides is 5. The number of carbonyl (C=O) groups excluding carboxylic acids is 3. The lowest BCUT2D eigenvalue weighted by Gasteiger charge is -2.24. The molecule has 0 aromatic heterocycles. The van der Waals surface area contributed by atoms with E-state index in [0.29, 0.717) is 0 Å². The van der Waals surface area contributed by atoms with Crippen molar-refractivity contribution >= 4 is 33.2 Å². The predicted molar refractivity (Wildman–Crippen MR) is 106 cm³/mol. The van der Waals surface area contributed by atoms with E-state index in [1.54, 1.807) is 12.1 Å². The van der Waals surface area contributed by atoms with Crippen LogP contribution in [0.5, 0.6) is 0 Å². The van der Waals surface area contributed by atoms with E-state index in [9.17, 15) is 44.8 Å². The van der Waals surface area contributed by atoms with Crippen molar-refractivity contribution in [2.75, 3.05) is 24.7 Å². The number of benzene rings is 1. The van der Waals surface area contributed by atoms with Gasteiger partial charge < -0.3 is 15.5 Å². The van der Waals surface area contributed by atoms with E-state index in [0.717, 1.165) is 18.1 Å². The highest BCUT2D eigenvalue weighted by Gasteiger charge is 2.57. The van der Waals surface area contributed by atoms with E-state index < -0.39 is 63.7 Å². The molecule has 2 rings (SSSR count). The molecular formula is C18H21F5N4O5S. The van der Waals surface area contributed by atoms with Gasteiger partial charge in [0.25, 0.3) is 5.91 Å². The second-order valence-corrected chi connectivity index (χ2v) is 9.55. The van der Waals surface area contributed by atoms with E-state index in [4.69, 9.17) is 0 Å². The van der Waals surface area contributed by atoms with Crippen molar-refractivity contribution in [3.8, 4) is 0 Å². The number of amides is 3. The minimum absolute atomic E-state index is 0.216. The third-order valence-electron chi connectivity index (χ3n) is 4.88. The van der Waals surface area contributed by atoms with Gasteiger partial charge in [-0.05, 0) is 13.0 Å². The van der Waals surface area contributed by atoms with Crippen LogP contribution in [0.3, 0.4) is 0 Å². The van der Waals surface area contributed by atoms with Gasteiger partial charge in [-0.3, -0.25) is 19.7 Å². The quantitative estimate of drug-likeness (QED) is 0.390. The number of para-hydroxylation sites is 1. The molecule has 1 aliphatic heterocycles. The van der Waals surface area contributed by atoms with E-state index in [1.807, 2.05) is 0 Å². The zero-order valence-corrected chi connectivity index (χ0v) is 18.4. The second-order valence-electron chi connectivity index (χ2n) is 7.42. The van der Waals surface area contributed by atoms with E-state index >= 15 is 0 Å². The van der Waals surface area contributed by atoms with E-state index in [1.165, 1.54) is 24.5 Å². The zero-order chi connectivity index (χ0) is 25.4. The van der Waals surface area contributed by atoms with Crippen LogP contribution in [-0.4, -0.2) is 64.3 Å². The van der Waals surface area contributed by atoms with Crippen molar-refractivity contribution in [3.63, 3.8) is 0 Å². The van der Waals surface area contributed by atoms with Crippen molar-refractivity contribution in [2.24, 2.45) is 5.92 Å². The first kappa shape index (κ1) is 26.4. The molecule has 0 saturated heterocycles. The van der Waals surface area contributed by atoms with Gasteiger partial charge in [0, 0.05) is 24.6 Å². The third-order valence-corrected chi connectivity index (χ3v) is 6.12. The summed E-state index contributed by atoms with van der Waals surface area (Å²) in [5, 5.41) is 4.51. The highest BCUT2D eigenvalue weighted by atomic mass is 32.2. The molecule has 0 spiro atoms. The van der Waals surface area contributed by atoms with Gasteiger partial charge in [0.1, 0.15) is 11.3 Å². The molecule has 0 fully saturated rings. The van der Waals surface area contributed by atoms with Crippen LogP contribution in [0.2, 0.25) is 0 Å². The van der Waals surface area contributed by atoms with Gasteiger partial charge in [0.05, 0.1) is 6.54 Å². The lowest BCUT2D eigenvalue weighted by molar-refractivity contribution is -0.278. The molecule has 9 nitrogen and oxygen atoms in total. The molecule has 3 atom stereocenters. The van der Waals surface area contributed by atoms with Gasteiger partial charge in [0.15, 0.2) is 16.0 Å². The number of nitrogens with one attached hydrogen (secondary N) is 3. The largest absolute Gasteiger partial charge is 0.455 e. The Morgan fingerprint density at radius 2 is 1.73 bits per heavy atom. The number of fused-ring (bicyclic) bond motifs is 1. The highest BCUT2D eigenvalue weighted by Crippen LogP contribution is 2.35. The van der Waals surface area contributed by atoms with Crippen molar-refractivity contribution in [1.82, 2.24) is 16.0 Å². The molecule has 15 heteroatoms. The maximum absolute atomic E-state index is 13.0. The fourth-order valence-corrected chi connectivity index (χ4v) is 3.98. The molecular weight excluding hydrogens is 479 g/mol. The SMILES string of the molecule is CC(C(=O)NCC(F)(F)C(F)(F)F)C(=O)N[C@H]1NC(S(C)(=O)=O)c2ccccc2N(C)C1=O. The molecule has 0 saturated carbocycles. The number of likely N-dealkylation sites (N-methyl/N-ethyl adjacent to an activating group) is 1. The average Bonchev–Trinajstić information content (AvgIpc) is 2.81. The number of nitrogens with zero attached hydrogens (tertiary/aromatic N) is 1. The molecule has 0 bridgehead atoms. The normalized spacial score (nSPS) is 20.5. The Bertz CT molecular complexity index is 1050. The lowest BCUT2D eigenvalue weighted by atomic mass is 10.1. The Morgan fingerprint density at radius 1 is 1.15 bits per heavy atom. The molecule has 0 radical (unpaired) electrons. The zero-order valence-electron chi connectivity index (χ0n) is 17.5. The Labute approximate surface area is 185 Å². The fraction of sp³-hybridized carbons (Fsp3) is 0.500. The topological polar surface area (TPSA) is 125 Å². The number of rotatable bonds is 6. The van der Waals surface area contributed by atoms with Gasteiger partial charge in [-0.1, -0.05) is 18.2 Å². The van der Waals surface area contributed by atoms with Crippen LogP contribution in [0.15, 0.2) is 24.3 Å². The Balaban J connectivity index is 2.19. The molecule has 1 aromatic carbocycles. The summed E-state index contributed by atoms with van der Waals surface area (Å²) in [5.74, 6) is -10.5. The lowest BCUT2D eigenvalue weighted by Crippen LogP contribution is -2.57. The van der Waals surface area contributed by atoms with Crippen molar-refractivity contribution in [3.05, 3.63) is 29.8 Å². The molecule has 1 aromatic rings. The van der Waals surface area contributed by atoms with Crippen molar-refractivity contribution in [2.45, 2.75) is 30.6 Å². The number of anilines is 1. The number of halogens is 5. The van der Waals surface area contributed by atoms with Gasteiger partial charge in [0.2, 0.25) is 11.8 Å².